The monoisotopic (exact) mass is 317 g/mol. The zero-order chi connectivity index (χ0) is 15.6. The highest BCUT2D eigenvalue weighted by Crippen LogP contribution is 2.30. The van der Waals surface area contributed by atoms with E-state index in [1.54, 1.807) is 18.4 Å². The van der Waals surface area contributed by atoms with Crippen molar-refractivity contribution in [3.8, 4) is 0 Å². The van der Waals surface area contributed by atoms with Gasteiger partial charge in [0.1, 0.15) is 5.82 Å². The molecule has 2 nitrogen and oxygen atoms in total. The van der Waals surface area contributed by atoms with Gasteiger partial charge in [-0.25, -0.2) is 4.39 Å². The quantitative estimate of drug-likeness (QED) is 0.836. The highest BCUT2D eigenvalue weighted by atomic mass is 32.1. The zero-order valence-electron chi connectivity index (χ0n) is 10.9. The van der Waals surface area contributed by atoms with E-state index in [9.17, 15) is 22.4 Å². The lowest BCUT2D eigenvalue weighted by atomic mass is 10.1. The molecule has 2 rings (SSSR count). The molecule has 0 aliphatic carbocycles. The van der Waals surface area contributed by atoms with Crippen LogP contribution in [0.2, 0.25) is 0 Å². The summed E-state index contributed by atoms with van der Waals surface area (Å²) in [6.45, 7) is 1.67. The standard InChI is InChI=1S/C14H11F4NOS/c1-8(9-4-5-21-7-9)19-13(20)11-6-10(14(16,17)18)2-3-12(11)15/h2-8H,1H3,(H,19,20). The van der Waals surface area contributed by atoms with Crippen LogP contribution in [0.4, 0.5) is 17.6 Å². The van der Waals surface area contributed by atoms with E-state index in [0.717, 1.165) is 5.56 Å². The summed E-state index contributed by atoms with van der Waals surface area (Å²) in [4.78, 5) is 11.9. The molecule has 1 unspecified atom stereocenters. The third-order valence-electron chi connectivity index (χ3n) is 2.93. The maximum absolute atomic E-state index is 13.6. The summed E-state index contributed by atoms with van der Waals surface area (Å²) in [6, 6.07) is 3.13. The van der Waals surface area contributed by atoms with Crippen LogP contribution in [-0.4, -0.2) is 5.91 Å². The average Bonchev–Trinajstić information content (AvgIpc) is 2.91. The lowest BCUT2D eigenvalue weighted by Gasteiger charge is -2.14. The molecule has 7 heteroatoms. The van der Waals surface area contributed by atoms with Crippen LogP contribution < -0.4 is 5.32 Å². The average molecular weight is 317 g/mol. The molecule has 1 aromatic carbocycles. The second-order valence-electron chi connectivity index (χ2n) is 4.44. The zero-order valence-corrected chi connectivity index (χ0v) is 11.7. The van der Waals surface area contributed by atoms with Crippen molar-refractivity contribution in [2.45, 2.75) is 19.1 Å². The molecule has 0 spiro atoms. The Morgan fingerprint density at radius 1 is 1.29 bits per heavy atom. The van der Waals surface area contributed by atoms with E-state index in [-0.39, 0.29) is 0 Å². The third kappa shape index (κ3) is 3.60. The largest absolute Gasteiger partial charge is 0.416 e. The third-order valence-corrected chi connectivity index (χ3v) is 3.63. The molecule has 0 aliphatic heterocycles. The fraction of sp³-hybridized carbons (Fsp3) is 0.214. The Morgan fingerprint density at radius 2 is 2.00 bits per heavy atom. The fourth-order valence-corrected chi connectivity index (χ4v) is 2.51. The first-order valence-electron chi connectivity index (χ1n) is 5.98. The van der Waals surface area contributed by atoms with Gasteiger partial charge in [-0.05, 0) is 47.5 Å². The first kappa shape index (κ1) is 15.5. The Kier molecular flexibility index (Phi) is 4.32. The minimum atomic E-state index is -4.62. The molecular formula is C14H11F4NOS. The van der Waals surface area contributed by atoms with Gasteiger partial charge < -0.3 is 5.32 Å². The van der Waals surface area contributed by atoms with Gasteiger partial charge in [0.2, 0.25) is 0 Å². The Balaban J connectivity index is 2.23. The number of thiophene rings is 1. The maximum Gasteiger partial charge on any atom is 0.416 e. The number of hydrogen-bond donors (Lipinski definition) is 1. The SMILES string of the molecule is CC(NC(=O)c1cc(C(F)(F)F)ccc1F)c1ccsc1. The summed E-state index contributed by atoms with van der Waals surface area (Å²) in [7, 11) is 0. The number of hydrogen-bond acceptors (Lipinski definition) is 2. The van der Waals surface area contributed by atoms with E-state index >= 15 is 0 Å². The van der Waals surface area contributed by atoms with Gasteiger partial charge in [-0.2, -0.15) is 24.5 Å². The maximum atomic E-state index is 13.6. The van der Waals surface area contributed by atoms with Crippen molar-refractivity contribution in [2.24, 2.45) is 0 Å². The molecule has 0 saturated heterocycles. The van der Waals surface area contributed by atoms with Crippen molar-refractivity contribution in [2.75, 3.05) is 0 Å². The van der Waals surface area contributed by atoms with Crippen LogP contribution in [0.15, 0.2) is 35.0 Å². The van der Waals surface area contributed by atoms with E-state index in [2.05, 4.69) is 5.32 Å². The molecule has 21 heavy (non-hydrogen) atoms. The van der Waals surface area contributed by atoms with Crippen molar-refractivity contribution in [3.63, 3.8) is 0 Å². The Bertz CT molecular complexity index is 637. The van der Waals surface area contributed by atoms with Crippen LogP contribution in [0, 0.1) is 5.82 Å². The normalized spacial score (nSPS) is 13.0. The van der Waals surface area contributed by atoms with Crippen molar-refractivity contribution < 1.29 is 22.4 Å². The van der Waals surface area contributed by atoms with Gasteiger partial charge >= 0.3 is 6.18 Å². The second-order valence-corrected chi connectivity index (χ2v) is 5.22. The molecule has 1 amide bonds. The first-order valence-corrected chi connectivity index (χ1v) is 6.93. The van der Waals surface area contributed by atoms with Gasteiger partial charge in [0.05, 0.1) is 17.2 Å². The highest BCUT2D eigenvalue weighted by Gasteiger charge is 2.32. The van der Waals surface area contributed by atoms with E-state index in [0.29, 0.717) is 18.2 Å². The Hall–Kier alpha value is -1.89. The van der Waals surface area contributed by atoms with Crippen molar-refractivity contribution in [1.29, 1.82) is 0 Å². The summed E-state index contributed by atoms with van der Waals surface area (Å²) in [5.41, 5.74) is -0.870. The number of halogens is 4. The molecule has 1 atom stereocenters. The predicted octanol–water partition coefficient (Wildman–Crippen LogP) is 4.40. The summed E-state index contributed by atoms with van der Waals surface area (Å²) in [6.07, 6.45) is -4.62. The molecule has 0 bridgehead atoms. The van der Waals surface area contributed by atoms with Gasteiger partial charge in [-0.3, -0.25) is 4.79 Å². The van der Waals surface area contributed by atoms with Gasteiger partial charge in [0.25, 0.3) is 5.91 Å². The molecular weight excluding hydrogens is 306 g/mol. The molecule has 0 fully saturated rings. The van der Waals surface area contributed by atoms with E-state index in [1.165, 1.54) is 11.3 Å². The lowest BCUT2D eigenvalue weighted by Crippen LogP contribution is -2.27. The number of carbonyl (C=O) groups excluding carboxylic acids is 1. The fourth-order valence-electron chi connectivity index (χ4n) is 1.75. The number of amides is 1. The minimum Gasteiger partial charge on any atom is -0.345 e. The van der Waals surface area contributed by atoms with Crippen LogP contribution in [0.5, 0.6) is 0 Å². The smallest absolute Gasteiger partial charge is 0.345 e. The van der Waals surface area contributed by atoms with Crippen molar-refractivity contribution in [1.82, 2.24) is 5.32 Å². The summed E-state index contributed by atoms with van der Waals surface area (Å²) >= 11 is 1.43. The van der Waals surface area contributed by atoms with Crippen LogP contribution >= 0.6 is 11.3 Å². The molecule has 0 radical (unpaired) electrons. The number of alkyl halides is 3. The van der Waals surface area contributed by atoms with Crippen LogP contribution in [0.25, 0.3) is 0 Å². The molecule has 1 N–H and O–H groups in total. The summed E-state index contributed by atoms with van der Waals surface area (Å²) in [5, 5.41) is 6.09. The molecule has 1 heterocycles. The second kappa shape index (κ2) is 5.85. The highest BCUT2D eigenvalue weighted by molar-refractivity contribution is 7.07. The van der Waals surface area contributed by atoms with Gasteiger partial charge in [-0.15, -0.1) is 0 Å². The van der Waals surface area contributed by atoms with E-state index in [1.807, 2.05) is 5.38 Å². The number of nitrogens with one attached hydrogen (secondary N) is 1. The number of benzene rings is 1. The van der Waals surface area contributed by atoms with E-state index in [4.69, 9.17) is 0 Å². The first-order chi connectivity index (χ1) is 9.79. The lowest BCUT2D eigenvalue weighted by molar-refractivity contribution is -0.137. The summed E-state index contributed by atoms with van der Waals surface area (Å²) < 4.78 is 51.4. The molecule has 112 valence electrons. The van der Waals surface area contributed by atoms with Crippen LogP contribution in [-0.2, 0) is 6.18 Å². The van der Waals surface area contributed by atoms with Gasteiger partial charge in [0.15, 0.2) is 0 Å². The topological polar surface area (TPSA) is 29.1 Å². The Morgan fingerprint density at radius 3 is 2.57 bits per heavy atom. The van der Waals surface area contributed by atoms with Crippen molar-refractivity contribution >= 4 is 17.2 Å². The molecule has 1 aromatic heterocycles. The molecule has 0 saturated carbocycles. The molecule has 2 aromatic rings. The Labute approximate surface area is 122 Å². The number of carbonyl (C=O) groups is 1. The van der Waals surface area contributed by atoms with E-state index < -0.39 is 35.1 Å². The van der Waals surface area contributed by atoms with Gasteiger partial charge in [-0.1, -0.05) is 0 Å². The molecule has 0 aliphatic rings. The number of rotatable bonds is 3. The minimum absolute atomic E-state index is 0.419. The van der Waals surface area contributed by atoms with Crippen LogP contribution in [0.1, 0.15) is 34.5 Å². The van der Waals surface area contributed by atoms with Gasteiger partial charge in [0, 0.05) is 0 Å². The predicted molar refractivity (Wildman–Crippen MR) is 71.6 cm³/mol. The summed E-state index contributed by atoms with van der Waals surface area (Å²) in [5.74, 6) is -1.87. The van der Waals surface area contributed by atoms with Crippen molar-refractivity contribution in [3.05, 3.63) is 57.5 Å². The van der Waals surface area contributed by atoms with Crippen LogP contribution in [0.3, 0.4) is 0 Å².